The first-order chi connectivity index (χ1) is 10.2. The Kier molecular flexibility index (Phi) is 4.78. The highest BCUT2D eigenvalue weighted by Gasteiger charge is 2.29. The lowest BCUT2D eigenvalue weighted by Crippen LogP contribution is -2.41. The van der Waals surface area contributed by atoms with Crippen LogP contribution >= 0.6 is 0 Å². The Morgan fingerprint density at radius 3 is 2.73 bits per heavy atom. The summed E-state index contributed by atoms with van der Waals surface area (Å²) >= 11 is 0. The molecule has 1 aromatic carbocycles. The zero-order valence-electron chi connectivity index (χ0n) is 11.7. The van der Waals surface area contributed by atoms with Crippen molar-refractivity contribution in [2.75, 3.05) is 18.4 Å². The van der Waals surface area contributed by atoms with E-state index in [0.29, 0.717) is 30.5 Å². The van der Waals surface area contributed by atoms with E-state index in [4.69, 9.17) is 5.73 Å². The lowest BCUT2D eigenvalue weighted by Gasteiger charge is -2.15. The molecule has 0 aliphatic carbocycles. The number of carbonyl (C=O) groups is 1. The van der Waals surface area contributed by atoms with Crippen molar-refractivity contribution in [3.8, 4) is 0 Å². The fourth-order valence-electron chi connectivity index (χ4n) is 2.07. The number of benzene rings is 1. The quantitative estimate of drug-likeness (QED) is 0.743. The van der Waals surface area contributed by atoms with Crippen LogP contribution in [0.1, 0.15) is 18.4 Å². The van der Waals surface area contributed by atoms with Gasteiger partial charge in [-0.15, -0.1) is 0 Å². The van der Waals surface area contributed by atoms with Crippen molar-refractivity contribution in [1.82, 2.24) is 4.72 Å². The van der Waals surface area contributed by atoms with Gasteiger partial charge in [0.25, 0.3) is 5.92 Å². The Labute approximate surface area is 127 Å². The summed E-state index contributed by atoms with van der Waals surface area (Å²) in [6.45, 7) is -1.99. The molecule has 0 unspecified atom stereocenters. The van der Waals surface area contributed by atoms with Crippen molar-refractivity contribution in [1.29, 1.82) is 0 Å². The molecular weight excluding hydrogens is 316 g/mol. The van der Waals surface area contributed by atoms with Crippen LogP contribution in [0.2, 0.25) is 0 Å². The maximum atomic E-state index is 13.1. The van der Waals surface area contributed by atoms with E-state index in [1.807, 2.05) is 4.72 Å². The molecule has 1 amide bonds. The van der Waals surface area contributed by atoms with Gasteiger partial charge in [-0.25, -0.2) is 21.9 Å². The van der Waals surface area contributed by atoms with E-state index in [9.17, 15) is 22.0 Å². The van der Waals surface area contributed by atoms with Gasteiger partial charge in [0, 0.05) is 12.1 Å². The molecule has 1 aromatic rings. The van der Waals surface area contributed by atoms with E-state index >= 15 is 0 Å². The molecule has 122 valence electrons. The Bertz CT molecular complexity index is 677. The first-order valence-corrected chi connectivity index (χ1v) is 8.22. The third-order valence-corrected chi connectivity index (χ3v) is 4.73. The summed E-state index contributed by atoms with van der Waals surface area (Å²) in [6.07, 6.45) is 1.50. The van der Waals surface area contributed by atoms with Gasteiger partial charge in [-0.2, -0.15) is 0 Å². The Balaban J connectivity index is 2.22. The lowest BCUT2D eigenvalue weighted by atomic mass is 10.1. The summed E-state index contributed by atoms with van der Waals surface area (Å²) in [5.74, 6) is -3.43. The molecule has 0 saturated heterocycles. The fourth-order valence-corrected chi connectivity index (χ4v) is 3.19. The van der Waals surface area contributed by atoms with Gasteiger partial charge in [0.15, 0.2) is 0 Å². The number of aryl methyl sites for hydroxylation is 1. The van der Waals surface area contributed by atoms with E-state index in [-0.39, 0.29) is 10.8 Å². The van der Waals surface area contributed by atoms with Crippen LogP contribution in [0.15, 0.2) is 23.1 Å². The fraction of sp³-hybridized carbons (Fsp3) is 0.462. The third-order valence-electron chi connectivity index (χ3n) is 3.33. The summed E-state index contributed by atoms with van der Waals surface area (Å²) in [4.78, 5) is 11.3. The number of fused-ring (bicyclic) bond motifs is 1. The number of anilines is 1. The number of halogens is 2. The molecule has 1 aliphatic rings. The second kappa shape index (κ2) is 6.27. The largest absolute Gasteiger partial charge is 0.326 e. The number of nitrogens with two attached hydrogens (primary N) is 1. The van der Waals surface area contributed by atoms with Crippen LogP contribution < -0.4 is 15.8 Å². The number of alkyl halides is 2. The zero-order valence-corrected chi connectivity index (χ0v) is 12.6. The number of carbonyl (C=O) groups excluding carboxylic acids is 1. The first kappa shape index (κ1) is 16.8. The van der Waals surface area contributed by atoms with E-state index in [1.54, 1.807) is 0 Å². The maximum absolute atomic E-state index is 13.1. The molecule has 0 aromatic heterocycles. The molecule has 0 atom stereocenters. The van der Waals surface area contributed by atoms with Crippen molar-refractivity contribution < 1.29 is 22.0 Å². The summed E-state index contributed by atoms with van der Waals surface area (Å²) < 4.78 is 52.1. The topological polar surface area (TPSA) is 101 Å². The number of hydrogen-bond donors (Lipinski definition) is 3. The van der Waals surface area contributed by atoms with E-state index in [1.165, 1.54) is 18.2 Å². The standard InChI is InChI=1S/C13H17F2N3O3S/c14-13(15,7-16)8-17-22(20,21)10-4-5-11-9(6-10)2-1-3-12(19)18-11/h4-6,17H,1-3,7-8,16H2,(H,18,19). The monoisotopic (exact) mass is 333 g/mol. The maximum Gasteiger partial charge on any atom is 0.273 e. The molecule has 0 spiro atoms. The normalized spacial score (nSPS) is 15.9. The molecule has 22 heavy (non-hydrogen) atoms. The van der Waals surface area contributed by atoms with E-state index in [2.05, 4.69) is 5.32 Å². The second-order valence-electron chi connectivity index (χ2n) is 5.11. The molecule has 0 bridgehead atoms. The minimum atomic E-state index is -4.06. The number of hydrogen-bond acceptors (Lipinski definition) is 4. The summed E-state index contributed by atoms with van der Waals surface area (Å²) in [7, 11) is -4.06. The SMILES string of the molecule is NCC(F)(F)CNS(=O)(=O)c1ccc2c(c1)CCCC(=O)N2. The van der Waals surface area contributed by atoms with Crippen molar-refractivity contribution in [2.24, 2.45) is 5.73 Å². The first-order valence-electron chi connectivity index (χ1n) is 6.74. The molecule has 0 fully saturated rings. The van der Waals surface area contributed by atoms with Gasteiger partial charge >= 0.3 is 0 Å². The number of nitrogens with one attached hydrogen (secondary N) is 2. The highest BCUT2D eigenvalue weighted by molar-refractivity contribution is 7.89. The minimum Gasteiger partial charge on any atom is -0.326 e. The molecule has 9 heteroatoms. The van der Waals surface area contributed by atoms with Gasteiger partial charge in [-0.05, 0) is 36.6 Å². The summed E-state index contributed by atoms with van der Waals surface area (Å²) in [5.41, 5.74) is 6.09. The Morgan fingerprint density at radius 1 is 1.32 bits per heavy atom. The highest BCUT2D eigenvalue weighted by Crippen LogP contribution is 2.25. The van der Waals surface area contributed by atoms with Crippen LogP contribution in [0.3, 0.4) is 0 Å². The van der Waals surface area contributed by atoms with Crippen molar-refractivity contribution >= 4 is 21.6 Å². The molecule has 4 N–H and O–H groups in total. The predicted octanol–water partition coefficient (Wildman–Crippen LogP) is 0.834. The smallest absolute Gasteiger partial charge is 0.273 e. The number of amides is 1. The third kappa shape index (κ3) is 3.99. The van der Waals surface area contributed by atoms with Crippen molar-refractivity contribution in [3.05, 3.63) is 23.8 Å². The van der Waals surface area contributed by atoms with Crippen LogP contribution in [0, 0.1) is 0 Å². The van der Waals surface area contributed by atoms with Gasteiger partial charge in [-0.3, -0.25) is 4.79 Å². The molecule has 2 rings (SSSR count). The van der Waals surface area contributed by atoms with E-state index in [0.717, 1.165) is 0 Å². The van der Waals surface area contributed by atoms with Crippen LogP contribution in [0.5, 0.6) is 0 Å². The van der Waals surface area contributed by atoms with Crippen molar-refractivity contribution in [2.45, 2.75) is 30.1 Å². The van der Waals surface area contributed by atoms with Gasteiger partial charge in [0.2, 0.25) is 15.9 Å². The lowest BCUT2D eigenvalue weighted by molar-refractivity contribution is -0.116. The summed E-state index contributed by atoms with van der Waals surface area (Å²) in [5, 5.41) is 2.68. The van der Waals surface area contributed by atoms with Gasteiger partial charge < -0.3 is 11.1 Å². The van der Waals surface area contributed by atoms with Crippen LogP contribution in [-0.2, 0) is 21.2 Å². The van der Waals surface area contributed by atoms with E-state index < -0.39 is 29.0 Å². The van der Waals surface area contributed by atoms with Crippen LogP contribution in [0.4, 0.5) is 14.5 Å². The molecule has 1 heterocycles. The minimum absolute atomic E-state index is 0.116. The van der Waals surface area contributed by atoms with Gasteiger partial charge in [0.05, 0.1) is 18.0 Å². The molecule has 1 aliphatic heterocycles. The highest BCUT2D eigenvalue weighted by atomic mass is 32.2. The average Bonchev–Trinajstić information content (AvgIpc) is 2.65. The molecular formula is C13H17F2N3O3S. The second-order valence-corrected chi connectivity index (χ2v) is 6.87. The average molecular weight is 333 g/mol. The van der Waals surface area contributed by atoms with Gasteiger partial charge in [-0.1, -0.05) is 0 Å². The molecule has 0 radical (unpaired) electrons. The van der Waals surface area contributed by atoms with Crippen molar-refractivity contribution in [3.63, 3.8) is 0 Å². The van der Waals surface area contributed by atoms with Crippen LogP contribution in [0.25, 0.3) is 0 Å². The Morgan fingerprint density at radius 2 is 2.05 bits per heavy atom. The molecule has 6 nitrogen and oxygen atoms in total. The summed E-state index contributed by atoms with van der Waals surface area (Å²) in [6, 6.07) is 4.13. The number of rotatable bonds is 5. The molecule has 0 saturated carbocycles. The number of sulfonamides is 1. The predicted molar refractivity (Wildman–Crippen MR) is 77.2 cm³/mol. The van der Waals surface area contributed by atoms with Gasteiger partial charge in [0.1, 0.15) is 0 Å². The zero-order chi connectivity index (χ0) is 16.4. The Hall–Kier alpha value is -1.58. The van der Waals surface area contributed by atoms with Crippen LogP contribution in [-0.4, -0.2) is 33.3 Å².